The number of rotatable bonds is 2. The number of anilines is 1. The second kappa shape index (κ2) is 4.79. The van der Waals surface area contributed by atoms with Gasteiger partial charge in [0.15, 0.2) is 17.0 Å². The fourth-order valence-corrected chi connectivity index (χ4v) is 2.41. The van der Waals surface area contributed by atoms with Crippen LogP contribution in [-0.4, -0.2) is 59.8 Å². The van der Waals surface area contributed by atoms with Crippen LogP contribution in [0.3, 0.4) is 0 Å². The molecule has 0 bridgehead atoms. The zero-order chi connectivity index (χ0) is 14.4. The number of nitrogens with zero attached hydrogens (tertiary/aromatic N) is 4. The molecule has 10 heteroatoms. The largest absolute Gasteiger partial charge is 0.394 e. The summed E-state index contributed by atoms with van der Waals surface area (Å²) in [5, 5.41) is 28.9. The SMILES string of the molecule is Nc1nc(Cl)c2ncn([C@@H]3O[C@H](CO)[C@@H](O)[C@@H]3O)c2n1. The van der Waals surface area contributed by atoms with Gasteiger partial charge in [0.1, 0.15) is 23.8 Å². The van der Waals surface area contributed by atoms with E-state index in [0.717, 1.165) is 0 Å². The lowest BCUT2D eigenvalue weighted by atomic mass is 10.1. The number of fused-ring (bicyclic) bond motifs is 1. The van der Waals surface area contributed by atoms with Gasteiger partial charge in [0.2, 0.25) is 5.95 Å². The first-order valence-electron chi connectivity index (χ1n) is 5.81. The first-order valence-corrected chi connectivity index (χ1v) is 6.18. The molecule has 0 unspecified atom stereocenters. The van der Waals surface area contributed by atoms with Crippen molar-refractivity contribution in [2.24, 2.45) is 0 Å². The van der Waals surface area contributed by atoms with Gasteiger partial charge >= 0.3 is 0 Å². The van der Waals surface area contributed by atoms with Crippen molar-refractivity contribution in [3.8, 4) is 0 Å². The molecular weight excluding hydrogens is 290 g/mol. The summed E-state index contributed by atoms with van der Waals surface area (Å²) in [5.74, 6) is -0.0454. The minimum absolute atomic E-state index is 0.0454. The topological polar surface area (TPSA) is 140 Å². The maximum Gasteiger partial charge on any atom is 0.223 e. The van der Waals surface area contributed by atoms with E-state index in [2.05, 4.69) is 15.0 Å². The Morgan fingerprint density at radius 3 is 2.75 bits per heavy atom. The lowest BCUT2D eigenvalue weighted by Gasteiger charge is -2.16. The van der Waals surface area contributed by atoms with E-state index >= 15 is 0 Å². The monoisotopic (exact) mass is 301 g/mol. The van der Waals surface area contributed by atoms with Crippen molar-refractivity contribution in [1.29, 1.82) is 0 Å². The van der Waals surface area contributed by atoms with E-state index < -0.39 is 31.1 Å². The van der Waals surface area contributed by atoms with E-state index in [1.54, 1.807) is 0 Å². The van der Waals surface area contributed by atoms with Crippen LogP contribution in [0.5, 0.6) is 0 Å². The highest BCUT2D eigenvalue weighted by atomic mass is 35.5. The van der Waals surface area contributed by atoms with Crippen LogP contribution in [-0.2, 0) is 4.74 Å². The fraction of sp³-hybridized carbons (Fsp3) is 0.500. The Labute approximate surface area is 117 Å². The quantitative estimate of drug-likeness (QED) is 0.500. The molecule has 0 saturated carbocycles. The van der Waals surface area contributed by atoms with Crippen molar-refractivity contribution in [2.75, 3.05) is 12.3 Å². The van der Waals surface area contributed by atoms with Crippen LogP contribution < -0.4 is 5.73 Å². The molecule has 1 aliphatic heterocycles. The van der Waals surface area contributed by atoms with E-state index in [1.807, 2.05) is 0 Å². The molecule has 1 aliphatic rings. The molecule has 1 saturated heterocycles. The molecule has 2 aromatic rings. The third-order valence-corrected chi connectivity index (χ3v) is 3.45. The Morgan fingerprint density at radius 1 is 1.35 bits per heavy atom. The van der Waals surface area contributed by atoms with Crippen molar-refractivity contribution in [1.82, 2.24) is 19.5 Å². The molecule has 3 rings (SSSR count). The van der Waals surface area contributed by atoms with Crippen LogP contribution in [0.4, 0.5) is 5.95 Å². The molecule has 3 heterocycles. The predicted molar refractivity (Wildman–Crippen MR) is 67.8 cm³/mol. The van der Waals surface area contributed by atoms with E-state index in [9.17, 15) is 10.2 Å². The number of aliphatic hydroxyl groups excluding tert-OH is 3. The van der Waals surface area contributed by atoms with Gasteiger partial charge in [-0.15, -0.1) is 0 Å². The molecule has 0 radical (unpaired) electrons. The van der Waals surface area contributed by atoms with Gasteiger partial charge in [-0.25, -0.2) is 4.98 Å². The molecule has 0 aromatic carbocycles. The highest BCUT2D eigenvalue weighted by Gasteiger charge is 2.44. The molecule has 0 amide bonds. The first-order chi connectivity index (χ1) is 9.52. The number of halogens is 1. The summed E-state index contributed by atoms with van der Waals surface area (Å²) in [6, 6.07) is 0. The third kappa shape index (κ3) is 1.91. The van der Waals surface area contributed by atoms with Crippen molar-refractivity contribution in [3.63, 3.8) is 0 Å². The summed E-state index contributed by atoms with van der Waals surface area (Å²) in [7, 11) is 0. The second-order valence-electron chi connectivity index (χ2n) is 4.43. The Morgan fingerprint density at radius 2 is 2.10 bits per heavy atom. The van der Waals surface area contributed by atoms with Crippen LogP contribution in [0.15, 0.2) is 6.33 Å². The molecule has 20 heavy (non-hydrogen) atoms. The zero-order valence-electron chi connectivity index (χ0n) is 10.1. The Kier molecular flexibility index (Phi) is 3.22. The van der Waals surface area contributed by atoms with E-state index in [0.29, 0.717) is 5.52 Å². The van der Waals surface area contributed by atoms with Crippen molar-refractivity contribution in [3.05, 3.63) is 11.5 Å². The molecule has 0 aliphatic carbocycles. The number of hydrogen-bond donors (Lipinski definition) is 4. The average Bonchev–Trinajstić information content (AvgIpc) is 2.93. The van der Waals surface area contributed by atoms with Gasteiger partial charge in [0, 0.05) is 0 Å². The predicted octanol–water partition coefficient (Wildman–Crippen LogP) is -1.33. The summed E-state index contributed by atoms with van der Waals surface area (Å²) in [5.41, 5.74) is 6.11. The zero-order valence-corrected chi connectivity index (χ0v) is 10.8. The minimum atomic E-state index is -1.24. The number of nitrogen functional groups attached to an aromatic ring is 1. The molecule has 1 fully saturated rings. The number of aliphatic hydroxyl groups is 3. The molecule has 0 spiro atoms. The maximum atomic E-state index is 9.99. The summed E-state index contributed by atoms with van der Waals surface area (Å²) >= 11 is 5.90. The number of hydrogen-bond acceptors (Lipinski definition) is 8. The summed E-state index contributed by atoms with van der Waals surface area (Å²) in [6.07, 6.45) is -2.93. The van der Waals surface area contributed by atoms with E-state index in [-0.39, 0.29) is 16.7 Å². The van der Waals surface area contributed by atoms with Gasteiger partial charge in [-0.2, -0.15) is 9.97 Å². The molecule has 9 nitrogen and oxygen atoms in total. The van der Waals surface area contributed by atoms with Crippen LogP contribution in [0.2, 0.25) is 5.15 Å². The van der Waals surface area contributed by atoms with Gasteiger partial charge in [-0.05, 0) is 0 Å². The second-order valence-corrected chi connectivity index (χ2v) is 4.78. The maximum absolute atomic E-state index is 9.99. The van der Waals surface area contributed by atoms with E-state index in [1.165, 1.54) is 10.9 Å². The van der Waals surface area contributed by atoms with Gasteiger partial charge in [0.05, 0.1) is 12.9 Å². The Bertz CT molecular complexity index is 650. The van der Waals surface area contributed by atoms with Crippen LogP contribution in [0.25, 0.3) is 11.2 Å². The standard InChI is InChI=1S/C10H12ClN5O4/c11-7-4-8(15-10(12)14-7)16(2-13-4)9-6(19)5(18)3(1-17)20-9/h2-3,5-6,9,17-19H,1H2,(H2,12,14,15)/t3-,5-,6+,9-/m1/s1. The van der Waals surface area contributed by atoms with Crippen LogP contribution in [0, 0.1) is 0 Å². The number of ether oxygens (including phenoxy) is 1. The summed E-state index contributed by atoms with van der Waals surface area (Å²) < 4.78 is 6.79. The molecule has 2 aromatic heterocycles. The highest BCUT2D eigenvalue weighted by molar-refractivity contribution is 6.33. The Hall–Kier alpha value is -1.52. The number of imidazole rings is 1. The van der Waals surface area contributed by atoms with Gasteiger partial charge in [-0.3, -0.25) is 4.57 Å². The molecule has 108 valence electrons. The smallest absolute Gasteiger partial charge is 0.223 e. The Balaban J connectivity index is 2.07. The van der Waals surface area contributed by atoms with Crippen LogP contribution >= 0.6 is 11.6 Å². The molecule has 4 atom stereocenters. The molecule has 5 N–H and O–H groups in total. The minimum Gasteiger partial charge on any atom is -0.394 e. The number of aromatic nitrogens is 4. The normalized spacial score (nSPS) is 30.2. The fourth-order valence-electron chi connectivity index (χ4n) is 2.19. The van der Waals surface area contributed by atoms with E-state index in [4.69, 9.17) is 27.2 Å². The lowest BCUT2D eigenvalue weighted by molar-refractivity contribution is -0.0511. The first kappa shape index (κ1) is 13.5. The third-order valence-electron chi connectivity index (χ3n) is 3.19. The van der Waals surface area contributed by atoms with Crippen molar-refractivity contribution in [2.45, 2.75) is 24.5 Å². The number of nitrogens with two attached hydrogens (primary N) is 1. The van der Waals surface area contributed by atoms with Crippen molar-refractivity contribution < 1.29 is 20.1 Å². The summed E-state index contributed by atoms with van der Waals surface area (Å²) in [6.45, 7) is -0.417. The van der Waals surface area contributed by atoms with Crippen molar-refractivity contribution >= 4 is 28.7 Å². The van der Waals surface area contributed by atoms with Crippen LogP contribution in [0.1, 0.15) is 6.23 Å². The van der Waals surface area contributed by atoms with Gasteiger partial charge < -0.3 is 25.8 Å². The van der Waals surface area contributed by atoms with Gasteiger partial charge in [-0.1, -0.05) is 11.6 Å². The summed E-state index contributed by atoms with van der Waals surface area (Å²) in [4.78, 5) is 11.8. The highest BCUT2D eigenvalue weighted by Crippen LogP contribution is 2.32. The average molecular weight is 302 g/mol. The molecular formula is C10H12ClN5O4. The van der Waals surface area contributed by atoms with Gasteiger partial charge in [0.25, 0.3) is 0 Å². The lowest BCUT2D eigenvalue weighted by Crippen LogP contribution is -2.33.